The van der Waals surface area contributed by atoms with E-state index >= 15 is 0 Å². The van der Waals surface area contributed by atoms with Crippen LogP contribution in [0.5, 0.6) is 5.75 Å². The van der Waals surface area contributed by atoms with Gasteiger partial charge in [0.05, 0.1) is 12.6 Å². The predicted octanol–water partition coefficient (Wildman–Crippen LogP) is 5.62. The Bertz CT molecular complexity index is 1300. The van der Waals surface area contributed by atoms with E-state index in [-0.39, 0.29) is 0 Å². The third-order valence-corrected chi connectivity index (χ3v) is 7.10. The fourth-order valence-corrected chi connectivity index (χ4v) is 5.24. The number of hydrogen-bond donors (Lipinski definition) is 2. The number of methoxy groups -OCH3 is 1. The van der Waals surface area contributed by atoms with Crippen LogP contribution in [0.1, 0.15) is 31.2 Å². The van der Waals surface area contributed by atoms with Gasteiger partial charge in [0.15, 0.2) is 0 Å². The summed E-state index contributed by atoms with van der Waals surface area (Å²) in [5.41, 5.74) is 2.20. The van der Waals surface area contributed by atoms with Crippen LogP contribution in [-0.2, 0) is 6.54 Å². The Morgan fingerprint density at radius 3 is 2.40 bits per heavy atom. The number of rotatable bonds is 8. The van der Waals surface area contributed by atoms with Crippen LogP contribution in [0.3, 0.4) is 0 Å². The minimum Gasteiger partial charge on any atom is -0.496 e. The van der Waals surface area contributed by atoms with E-state index in [0.717, 1.165) is 54.3 Å². The molecule has 0 spiro atoms. The maximum absolute atomic E-state index is 5.76. The summed E-state index contributed by atoms with van der Waals surface area (Å²) in [5.74, 6) is 3.36. The molecular weight excluding hydrogens is 434 g/mol. The lowest BCUT2D eigenvalue weighted by Crippen LogP contribution is -2.31. The van der Waals surface area contributed by atoms with Crippen LogP contribution in [0.4, 0.5) is 11.8 Å². The molecule has 182 valence electrons. The summed E-state index contributed by atoms with van der Waals surface area (Å²) >= 11 is 0. The molecule has 35 heavy (non-hydrogen) atoms. The van der Waals surface area contributed by atoms with Crippen LogP contribution in [-0.4, -0.2) is 43.8 Å². The quantitative estimate of drug-likeness (QED) is 0.349. The molecule has 1 aliphatic carbocycles. The molecule has 2 N–H and O–H groups in total. The van der Waals surface area contributed by atoms with Crippen molar-refractivity contribution < 1.29 is 4.74 Å². The molecule has 1 heterocycles. The van der Waals surface area contributed by atoms with E-state index < -0.39 is 0 Å². The van der Waals surface area contributed by atoms with E-state index in [4.69, 9.17) is 14.7 Å². The van der Waals surface area contributed by atoms with Crippen LogP contribution in [0.15, 0.2) is 60.7 Å². The van der Waals surface area contributed by atoms with Gasteiger partial charge in [-0.1, -0.05) is 48.5 Å². The molecule has 0 saturated heterocycles. The minimum atomic E-state index is 0.419. The molecule has 4 aromatic rings. The van der Waals surface area contributed by atoms with Crippen molar-refractivity contribution >= 4 is 33.4 Å². The summed E-state index contributed by atoms with van der Waals surface area (Å²) in [6.07, 6.45) is 4.68. The van der Waals surface area contributed by atoms with Gasteiger partial charge in [-0.25, -0.2) is 4.98 Å². The van der Waals surface area contributed by atoms with Crippen molar-refractivity contribution in [3.05, 3.63) is 66.2 Å². The zero-order chi connectivity index (χ0) is 24.2. The Morgan fingerprint density at radius 2 is 1.63 bits per heavy atom. The van der Waals surface area contributed by atoms with Crippen LogP contribution < -0.4 is 20.3 Å². The van der Waals surface area contributed by atoms with E-state index in [1.165, 1.54) is 29.2 Å². The molecule has 6 heteroatoms. The molecule has 6 nitrogen and oxygen atoms in total. The number of ether oxygens (including phenoxy) is 1. The summed E-state index contributed by atoms with van der Waals surface area (Å²) in [6, 6.07) is 21.4. The maximum atomic E-state index is 5.76. The topological polar surface area (TPSA) is 62.3 Å². The molecule has 1 fully saturated rings. The van der Waals surface area contributed by atoms with Crippen molar-refractivity contribution in [3.8, 4) is 5.75 Å². The second-order valence-electron chi connectivity index (χ2n) is 9.75. The van der Waals surface area contributed by atoms with Crippen molar-refractivity contribution in [1.29, 1.82) is 0 Å². The maximum Gasteiger partial charge on any atom is 0.225 e. The Labute approximate surface area is 207 Å². The first-order valence-corrected chi connectivity index (χ1v) is 12.6. The number of fused-ring (bicyclic) bond motifs is 2. The molecule has 5 rings (SSSR count). The number of nitrogens with zero attached hydrogens (tertiary/aromatic N) is 3. The second kappa shape index (κ2) is 10.5. The van der Waals surface area contributed by atoms with Crippen LogP contribution in [0, 0.1) is 5.92 Å². The highest BCUT2D eigenvalue weighted by molar-refractivity contribution is 5.90. The summed E-state index contributed by atoms with van der Waals surface area (Å²) in [6.45, 7) is 1.85. The molecule has 0 aliphatic heterocycles. The predicted molar refractivity (Wildman–Crippen MR) is 145 cm³/mol. The van der Waals surface area contributed by atoms with Gasteiger partial charge >= 0.3 is 0 Å². The van der Waals surface area contributed by atoms with Crippen molar-refractivity contribution in [2.75, 3.05) is 38.0 Å². The zero-order valence-electron chi connectivity index (χ0n) is 20.9. The van der Waals surface area contributed by atoms with Gasteiger partial charge in [0, 0.05) is 43.0 Å². The molecule has 0 bridgehead atoms. The summed E-state index contributed by atoms with van der Waals surface area (Å²) in [4.78, 5) is 11.7. The first-order valence-electron chi connectivity index (χ1n) is 12.6. The monoisotopic (exact) mass is 469 g/mol. The van der Waals surface area contributed by atoms with E-state index in [0.29, 0.717) is 12.0 Å². The van der Waals surface area contributed by atoms with Gasteiger partial charge in [-0.2, -0.15) is 4.98 Å². The van der Waals surface area contributed by atoms with Gasteiger partial charge < -0.3 is 20.3 Å². The summed E-state index contributed by atoms with van der Waals surface area (Å²) < 4.78 is 5.76. The van der Waals surface area contributed by atoms with Gasteiger partial charge in [0.2, 0.25) is 5.95 Å². The Kier molecular flexibility index (Phi) is 7.00. The van der Waals surface area contributed by atoms with Crippen LogP contribution in [0.2, 0.25) is 0 Å². The molecule has 0 amide bonds. The summed E-state index contributed by atoms with van der Waals surface area (Å²) in [7, 11) is 5.83. The normalized spacial score (nSPS) is 18.0. The molecular formula is C29H35N5O. The molecule has 0 radical (unpaired) electrons. The van der Waals surface area contributed by atoms with Crippen LogP contribution >= 0.6 is 0 Å². The third kappa shape index (κ3) is 5.17. The number of anilines is 2. The van der Waals surface area contributed by atoms with Crippen molar-refractivity contribution in [1.82, 2.24) is 15.3 Å². The number of aromatic nitrogens is 2. The SMILES string of the molecule is COc1c(CNCC2CCC(Nc3nc(N(C)C)c4ccccc4n3)CC2)ccc2ccccc12. The Morgan fingerprint density at radius 1 is 0.886 bits per heavy atom. The number of nitrogens with one attached hydrogen (secondary N) is 2. The smallest absolute Gasteiger partial charge is 0.225 e. The lowest BCUT2D eigenvalue weighted by Gasteiger charge is -2.29. The highest BCUT2D eigenvalue weighted by Gasteiger charge is 2.22. The lowest BCUT2D eigenvalue weighted by atomic mass is 9.86. The molecule has 1 aromatic heterocycles. The van der Waals surface area contributed by atoms with Crippen molar-refractivity contribution in [2.24, 2.45) is 5.92 Å². The van der Waals surface area contributed by atoms with Gasteiger partial charge in [-0.05, 0) is 55.7 Å². The van der Waals surface area contributed by atoms with Crippen LogP contribution in [0.25, 0.3) is 21.7 Å². The van der Waals surface area contributed by atoms with E-state index in [2.05, 4.69) is 64.1 Å². The number of hydrogen-bond acceptors (Lipinski definition) is 6. The van der Waals surface area contributed by atoms with Crippen molar-refractivity contribution in [3.63, 3.8) is 0 Å². The highest BCUT2D eigenvalue weighted by Crippen LogP contribution is 2.31. The van der Waals surface area contributed by atoms with E-state index in [1.807, 2.05) is 26.2 Å². The van der Waals surface area contributed by atoms with E-state index in [1.54, 1.807) is 7.11 Å². The fourth-order valence-electron chi connectivity index (χ4n) is 5.24. The molecule has 0 unspecified atom stereocenters. The van der Waals surface area contributed by atoms with Crippen molar-refractivity contribution in [2.45, 2.75) is 38.3 Å². The molecule has 3 aromatic carbocycles. The average molecular weight is 470 g/mol. The third-order valence-electron chi connectivity index (χ3n) is 7.10. The Hall–Kier alpha value is -3.38. The van der Waals surface area contributed by atoms with Gasteiger partial charge in [-0.15, -0.1) is 0 Å². The standard InChI is InChI=1S/C29H35N5O/c1-34(2)28-25-10-6-7-11-26(25)32-29(33-28)31-23-16-12-20(13-17-23)18-30-19-22-15-14-21-8-4-5-9-24(21)27(22)35-3/h4-11,14-15,20,23,30H,12-13,16-19H2,1-3H3,(H,31,32,33). The van der Waals surface area contributed by atoms with Gasteiger partial charge in [0.1, 0.15) is 11.6 Å². The zero-order valence-corrected chi connectivity index (χ0v) is 20.9. The summed E-state index contributed by atoms with van der Waals surface area (Å²) in [5, 5.41) is 10.8. The largest absolute Gasteiger partial charge is 0.496 e. The first kappa shape index (κ1) is 23.4. The second-order valence-corrected chi connectivity index (χ2v) is 9.75. The minimum absolute atomic E-state index is 0.419. The molecule has 0 atom stereocenters. The molecule has 1 saturated carbocycles. The van der Waals surface area contributed by atoms with Gasteiger partial charge in [-0.3, -0.25) is 0 Å². The van der Waals surface area contributed by atoms with E-state index in [9.17, 15) is 0 Å². The highest BCUT2D eigenvalue weighted by atomic mass is 16.5. The first-order chi connectivity index (χ1) is 17.1. The number of para-hydroxylation sites is 1. The Balaban J connectivity index is 1.15. The molecule has 1 aliphatic rings. The van der Waals surface area contributed by atoms with Gasteiger partial charge in [0.25, 0.3) is 0 Å². The average Bonchev–Trinajstić information content (AvgIpc) is 2.89. The lowest BCUT2D eigenvalue weighted by molar-refractivity contribution is 0.323. The number of benzene rings is 3. The fraction of sp³-hybridized carbons (Fsp3) is 0.379.